The Bertz CT molecular complexity index is 245. The van der Waals surface area contributed by atoms with E-state index in [1.807, 2.05) is 24.6 Å². The Morgan fingerprint density at radius 2 is 2.46 bits per heavy atom. The minimum atomic E-state index is 0.141. The third-order valence-corrected chi connectivity index (χ3v) is 1.74. The van der Waals surface area contributed by atoms with Gasteiger partial charge in [-0.3, -0.25) is 0 Å². The fourth-order valence-electron chi connectivity index (χ4n) is 1.13. The minimum Gasteiger partial charge on any atom is -0.361 e. The number of rotatable bonds is 5. The molecule has 0 radical (unpaired) electrons. The molecule has 0 aliphatic rings. The number of nitrogens with zero attached hydrogens (tertiary/aromatic N) is 2. The molecule has 0 aliphatic heterocycles. The lowest BCUT2D eigenvalue weighted by Gasteiger charge is -2.08. The first kappa shape index (κ1) is 10.2. The normalized spacial score (nSPS) is 13.2. The molecule has 1 heterocycles. The van der Waals surface area contributed by atoms with Crippen LogP contribution < -0.4 is 5.73 Å². The molecule has 74 valence electrons. The maximum atomic E-state index is 5.69. The summed E-state index contributed by atoms with van der Waals surface area (Å²) in [5, 5.41) is 0. The van der Waals surface area contributed by atoms with E-state index in [1.165, 1.54) is 0 Å². The van der Waals surface area contributed by atoms with Gasteiger partial charge in [0.05, 0.1) is 0 Å². The first-order chi connectivity index (χ1) is 6.24. The van der Waals surface area contributed by atoms with Crippen molar-refractivity contribution in [1.29, 1.82) is 0 Å². The molecule has 4 heteroatoms. The lowest BCUT2D eigenvalue weighted by Crippen LogP contribution is -2.21. The van der Waals surface area contributed by atoms with Crippen LogP contribution in [0.5, 0.6) is 0 Å². The number of aromatic nitrogens is 2. The standard InChI is InChI=1S/C9H17N3O/c1-3-13-7-12-5-4-11-9(12)6-8(2)10/h4-5,8H,3,6-7,10H2,1-2H3. The Balaban J connectivity index is 2.55. The fraction of sp³-hybridized carbons (Fsp3) is 0.667. The SMILES string of the molecule is CCOCn1ccnc1CC(C)N. The predicted octanol–water partition coefficient (Wildman–Crippen LogP) is 0.767. The van der Waals surface area contributed by atoms with Crippen LogP contribution in [0.15, 0.2) is 12.4 Å². The third-order valence-electron chi connectivity index (χ3n) is 1.74. The summed E-state index contributed by atoms with van der Waals surface area (Å²) >= 11 is 0. The Morgan fingerprint density at radius 1 is 1.69 bits per heavy atom. The Morgan fingerprint density at radius 3 is 3.08 bits per heavy atom. The fourth-order valence-corrected chi connectivity index (χ4v) is 1.13. The lowest BCUT2D eigenvalue weighted by molar-refractivity contribution is 0.0856. The highest BCUT2D eigenvalue weighted by Crippen LogP contribution is 2.00. The molecule has 0 amide bonds. The Labute approximate surface area is 78.7 Å². The molecule has 2 N–H and O–H groups in total. The van der Waals surface area contributed by atoms with E-state index in [-0.39, 0.29) is 6.04 Å². The molecule has 0 saturated carbocycles. The molecule has 1 aromatic rings. The quantitative estimate of drug-likeness (QED) is 0.733. The summed E-state index contributed by atoms with van der Waals surface area (Å²) in [5.41, 5.74) is 5.69. The zero-order valence-corrected chi connectivity index (χ0v) is 8.23. The van der Waals surface area contributed by atoms with Gasteiger partial charge in [-0.1, -0.05) is 0 Å². The topological polar surface area (TPSA) is 53.1 Å². The van der Waals surface area contributed by atoms with Crippen LogP contribution in [0, 0.1) is 0 Å². The van der Waals surface area contributed by atoms with Gasteiger partial charge in [-0.25, -0.2) is 4.98 Å². The molecule has 1 rings (SSSR count). The highest BCUT2D eigenvalue weighted by Gasteiger charge is 2.04. The average Bonchev–Trinajstić information content (AvgIpc) is 2.48. The van der Waals surface area contributed by atoms with E-state index in [2.05, 4.69) is 4.98 Å². The van der Waals surface area contributed by atoms with Crippen LogP contribution in [0.4, 0.5) is 0 Å². The third kappa shape index (κ3) is 3.16. The van der Waals surface area contributed by atoms with Crippen molar-refractivity contribution in [3.8, 4) is 0 Å². The van der Waals surface area contributed by atoms with Gasteiger partial charge >= 0.3 is 0 Å². The second-order valence-corrected chi connectivity index (χ2v) is 3.12. The van der Waals surface area contributed by atoms with Crippen molar-refractivity contribution >= 4 is 0 Å². The van der Waals surface area contributed by atoms with E-state index in [4.69, 9.17) is 10.5 Å². The van der Waals surface area contributed by atoms with E-state index in [0.717, 1.165) is 18.9 Å². The second kappa shape index (κ2) is 4.99. The van der Waals surface area contributed by atoms with Gasteiger partial charge in [-0.05, 0) is 13.8 Å². The molecule has 0 aromatic carbocycles. The van der Waals surface area contributed by atoms with Crippen LogP contribution in [0.1, 0.15) is 19.7 Å². The van der Waals surface area contributed by atoms with E-state index in [1.54, 1.807) is 6.20 Å². The van der Waals surface area contributed by atoms with Gasteiger partial charge in [0, 0.05) is 31.5 Å². The molecule has 0 bridgehead atoms. The summed E-state index contributed by atoms with van der Waals surface area (Å²) in [4.78, 5) is 4.21. The Hall–Kier alpha value is -0.870. The first-order valence-electron chi connectivity index (χ1n) is 4.57. The van der Waals surface area contributed by atoms with Gasteiger partial charge in [0.15, 0.2) is 0 Å². The number of ether oxygens (including phenoxy) is 1. The van der Waals surface area contributed by atoms with Crippen molar-refractivity contribution in [3.05, 3.63) is 18.2 Å². The largest absolute Gasteiger partial charge is 0.361 e. The van der Waals surface area contributed by atoms with Crippen molar-refractivity contribution in [1.82, 2.24) is 9.55 Å². The van der Waals surface area contributed by atoms with Gasteiger partial charge < -0.3 is 15.0 Å². The molecular formula is C9H17N3O. The number of imidazole rings is 1. The van der Waals surface area contributed by atoms with Crippen molar-refractivity contribution in [3.63, 3.8) is 0 Å². The monoisotopic (exact) mass is 183 g/mol. The van der Waals surface area contributed by atoms with E-state index in [9.17, 15) is 0 Å². The van der Waals surface area contributed by atoms with Crippen LogP contribution in [0.25, 0.3) is 0 Å². The second-order valence-electron chi connectivity index (χ2n) is 3.12. The maximum absolute atomic E-state index is 5.69. The smallest absolute Gasteiger partial charge is 0.123 e. The Kier molecular flexibility index (Phi) is 3.92. The molecule has 0 spiro atoms. The van der Waals surface area contributed by atoms with Gasteiger partial charge in [-0.2, -0.15) is 0 Å². The summed E-state index contributed by atoms with van der Waals surface area (Å²) in [6, 6.07) is 0.141. The van der Waals surface area contributed by atoms with Crippen LogP contribution in [0.3, 0.4) is 0 Å². The molecule has 4 nitrogen and oxygen atoms in total. The van der Waals surface area contributed by atoms with Crippen molar-refractivity contribution < 1.29 is 4.74 Å². The summed E-state index contributed by atoms with van der Waals surface area (Å²) in [5.74, 6) is 0.989. The molecule has 0 aliphatic carbocycles. The summed E-state index contributed by atoms with van der Waals surface area (Å²) < 4.78 is 7.26. The van der Waals surface area contributed by atoms with Crippen molar-refractivity contribution in [2.24, 2.45) is 5.73 Å². The number of nitrogens with two attached hydrogens (primary N) is 1. The zero-order chi connectivity index (χ0) is 9.68. The van der Waals surface area contributed by atoms with Crippen LogP contribution in [0.2, 0.25) is 0 Å². The van der Waals surface area contributed by atoms with Crippen LogP contribution >= 0.6 is 0 Å². The number of hydrogen-bond acceptors (Lipinski definition) is 3. The van der Waals surface area contributed by atoms with Crippen LogP contribution in [-0.4, -0.2) is 22.2 Å². The molecule has 1 unspecified atom stereocenters. The predicted molar refractivity (Wildman–Crippen MR) is 51.2 cm³/mol. The van der Waals surface area contributed by atoms with Gasteiger partial charge in [0.2, 0.25) is 0 Å². The maximum Gasteiger partial charge on any atom is 0.123 e. The van der Waals surface area contributed by atoms with Crippen LogP contribution in [-0.2, 0) is 17.9 Å². The first-order valence-corrected chi connectivity index (χ1v) is 4.57. The highest BCUT2D eigenvalue weighted by molar-refractivity contribution is 4.93. The van der Waals surface area contributed by atoms with E-state index < -0.39 is 0 Å². The molecule has 0 saturated heterocycles. The molecule has 1 aromatic heterocycles. The van der Waals surface area contributed by atoms with Crippen molar-refractivity contribution in [2.45, 2.75) is 33.0 Å². The minimum absolute atomic E-state index is 0.141. The van der Waals surface area contributed by atoms with E-state index in [0.29, 0.717) is 6.73 Å². The summed E-state index contributed by atoms with van der Waals surface area (Å²) in [6.45, 7) is 5.23. The average molecular weight is 183 g/mol. The number of hydrogen-bond donors (Lipinski definition) is 1. The summed E-state index contributed by atoms with van der Waals surface area (Å²) in [7, 11) is 0. The van der Waals surface area contributed by atoms with Gasteiger partial charge in [-0.15, -0.1) is 0 Å². The van der Waals surface area contributed by atoms with Gasteiger partial charge in [0.1, 0.15) is 12.6 Å². The van der Waals surface area contributed by atoms with Gasteiger partial charge in [0.25, 0.3) is 0 Å². The summed E-state index contributed by atoms with van der Waals surface area (Å²) in [6.07, 6.45) is 4.48. The van der Waals surface area contributed by atoms with E-state index >= 15 is 0 Å². The molecular weight excluding hydrogens is 166 g/mol. The highest BCUT2D eigenvalue weighted by atomic mass is 16.5. The molecule has 1 atom stereocenters. The zero-order valence-electron chi connectivity index (χ0n) is 8.23. The molecule has 13 heavy (non-hydrogen) atoms. The van der Waals surface area contributed by atoms with Crippen molar-refractivity contribution in [2.75, 3.05) is 6.61 Å². The molecule has 0 fully saturated rings. The lowest BCUT2D eigenvalue weighted by atomic mass is 10.2.